The van der Waals surface area contributed by atoms with Gasteiger partial charge < -0.3 is 15.0 Å². The second-order valence-electron chi connectivity index (χ2n) is 10.2. The lowest BCUT2D eigenvalue weighted by Gasteiger charge is -2.33. The van der Waals surface area contributed by atoms with E-state index in [0.29, 0.717) is 36.0 Å². The Labute approximate surface area is 248 Å². The van der Waals surface area contributed by atoms with Gasteiger partial charge in [-0.1, -0.05) is 74.8 Å². The van der Waals surface area contributed by atoms with Crippen LogP contribution in [0.25, 0.3) is 0 Å². The van der Waals surface area contributed by atoms with Gasteiger partial charge in [0.1, 0.15) is 24.9 Å². The van der Waals surface area contributed by atoms with Crippen molar-refractivity contribution in [1.82, 2.24) is 10.2 Å². The number of halogens is 1. The van der Waals surface area contributed by atoms with E-state index in [1.54, 1.807) is 48.5 Å². The molecule has 1 N–H and O–H groups in total. The highest BCUT2D eigenvalue weighted by Gasteiger charge is 2.31. The maximum Gasteiger partial charge on any atom is 0.244 e. The minimum absolute atomic E-state index is 0.119. The zero-order valence-corrected chi connectivity index (χ0v) is 25.5. The molecule has 2 amide bonds. The highest BCUT2D eigenvalue weighted by Crippen LogP contribution is 2.24. The summed E-state index contributed by atoms with van der Waals surface area (Å²) in [7, 11) is -3.84. The number of ether oxygens (including phenoxy) is 1. The number of nitrogens with one attached hydrogen (secondary N) is 1. The molecule has 0 aromatic heterocycles. The molecule has 0 heterocycles. The normalized spacial score (nSPS) is 12.0. The van der Waals surface area contributed by atoms with Crippen molar-refractivity contribution < 1.29 is 22.7 Å². The van der Waals surface area contributed by atoms with Gasteiger partial charge in [-0.25, -0.2) is 8.42 Å². The third-order valence-corrected chi connectivity index (χ3v) is 7.78. The lowest BCUT2D eigenvalue weighted by atomic mass is 10.1. The predicted molar refractivity (Wildman–Crippen MR) is 163 cm³/mol. The number of nitrogens with zero attached hydrogens (tertiary/aromatic N) is 2. The smallest absolute Gasteiger partial charge is 0.244 e. The van der Waals surface area contributed by atoms with Crippen LogP contribution in [0.1, 0.15) is 38.3 Å². The summed E-state index contributed by atoms with van der Waals surface area (Å²) in [5.41, 5.74) is 2.09. The monoisotopic (exact) mass is 599 g/mol. The van der Waals surface area contributed by atoms with Crippen LogP contribution in [0.2, 0.25) is 5.02 Å². The minimum atomic E-state index is -3.84. The van der Waals surface area contributed by atoms with Gasteiger partial charge in [-0.05, 0) is 59.9 Å². The van der Waals surface area contributed by atoms with Crippen molar-refractivity contribution in [3.05, 3.63) is 95.0 Å². The minimum Gasteiger partial charge on any atom is -0.489 e. The molecule has 3 rings (SSSR count). The van der Waals surface area contributed by atoms with Crippen LogP contribution >= 0.6 is 11.6 Å². The van der Waals surface area contributed by atoms with E-state index < -0.39 is 28.5 Å². The lowest BCUT2D eigenvalue weighted by Crippen LogP contribution is -2.52. The van der Waals surface area contributed by atoms with Gasteiger partial charge in [0.05, 0.1) is 11.9 Å². The predicted octanol–water partition coefficient (Wildman–Crippen LogP) is 5.26. The molecular formula is C31H38ClN3O5S. The summed E-state index contributed by atoms with van der Waals surface area (Å²) in [6.45, 7) is 6.28. The average Bonchev–Trinajstić information content (AvgIpc) is 2.94. The van der Waals surface area contributed by atoms with Gasteiger partial charge in [-0.3, -0.25) is 13.9 Å². The van der Waals surface area contributed by atoms with Gasteiger partial charge in [0.2, 0.25) is 21.8 Å². The molecule has 0 saturated carbocycles. The first-order valence-electron chi connectivity index (χ1n) is 13.5. The van der Waals surface area contributed by atoms with Crippen LogP contribution in [0.3, 0.4) is 0 Å². The molecule has 8 nitrogen and oxygen atoms in total. The third-order valence-electron chi connectivity index (χ3n) is 6.39. The van der Waals surface area contributed by atoms with E-state index in [4.69, 9.17) is 16.3 Å². The average molecular weight is 600 g/mol. The first kappa shape index (κ1) is 32.0. The first-order valence-corrected chi connectivity index (χ1v) is 15.8. The van der Waals surface area contributed by atoms with Crippen LogP contribution in [0.4, 0.5) is 5.69 Å². The van der Waals surface area contributed by atoms with Crippen LogP contribution in [0, 0.1) is 5.92 Å². The Morgan fingerprint density at radius 1 is 0.927 bits per heavy atom. The zero-order chi connectivity index (χ0) is 30.0. The molecule has 10 heteroatoms. The van der Waals surface area contributed by atoms with Crippen molar-refractivity contribution in [2.24, 2.45) is 5.92 Å². The van der Waals surface area contributed by atoms with Gasteiger partial charge in [0.15, 0.2) is 0 Å². The molecule has 3 aromatic rings. The molecule has 220 valence electrons. The summed E-state index contributed by atoms with van der Waals surface area (Å²) in [6.07, 6.45) is 1.41. The number of carbonyl (C=O) groups excluding carboxylic acids is 2. The lowest BCUT2D eigenvalue weighted by molar-refractivity contribution is -0.140. The van der Waals surface area contributed by atoms with Crippen molar-refractivity contribution >= 4 is 39.1 Å². The fourth-order valence-electron chi connectivity index (χ4n) is 4.19. The Kier molecular flexibility index (Phi) is 11.6. The van der Waals surface area contributed by atoms with Crippen LogP contribution in [0.5, 0.6) is 5.75 Å². The van der Waals surface area contributed by atoms with E-state index in [-0.39, 0.29) is 18.4 Å². The Hall–Kier alpha value is -3.56. The standard InChI is InChI=1S/C31H38ClN3O5S/c1-5-29(31(37)33-19-23(2)3)34(20-24-11-13-26(32)14-12-24)30(36)21-35(41(4,38)39)27-15-17-28(18-16-27)40-22-25-9-7-6-8-10-25/h6-18,23,29H,5,19-22H2,1-4H3,(H,33,37)/t29-/m1/s1. The van der Waals surface area contributed by atoms with Crippen LogP contribution < -0.4 is 14.4 Å². The largest absolute Gasteiger partial charge is 0.489 e. The number of anilines is 1. The van der Waals surface area contributed by atoms with Gasteiger partial charge >= 0.3 is 0 Å². The second-order valence-corrected chi connectivity index (χ2v) is 12.6. The molecule has 0 saturated heterocycles. The van der Waals surface area contributed by atoms with Gasteiger partial charge in [0, 0.05) is 18.1 Å². The quantitative estimate of drug-likeness (QED) is 0.273. The Morgan fingerprint density at radius 3 is 2.12 bits per heavy atom. The number of hydrogen-bond donors (Lipinski definition) is 1. The van der Waals surface area contributed by atoms with E-state index in [2.05, 4.69) is 5.32 Å². The summed E-state index contributed by atoms with van der Waals surface area (Å²) in [5.74, 6) is 0.0162. The number of benzene rings is 3. The first-order chi connectivity index (χ1) is 19.5. The maximum absolute atomic E-state index is 13.8. The van der Waals surface area contributed by atoms with E-state index in [1.807, 2.05) is 51.1 Å². The Balaban J connectivity index is 1.84. The van der Waals surface area contributed by atoms with E-state index in [9.17, 15) is 18.0 Å². The number of sulfonamides is 1. The Bertz CT molecular complexity index is 1380. The van der Waals surface area contributed by atoms with Crippen molar-refractivity contribution in [2.45, 2.75) is 46.4 Å². The van der Waals surface area contributed by atoms with Crippen molar-refractivity contribution in [3.8, 4) is 5.75 Å². The van der Waals surface area contributed by atoms with Gasteiger partial charge in [-0.2, -0.15) is 0 Å². The molecule has 0 bridgehead atoms. The summed E-state index contributed by atoms with van der Waals surface area (Å²) in [6, 6.07) is 22.4. The zero-order valence-electron chi connectivity index (χ0n) is 23.9. The third kappa shape index (κ3) is 9.79. The number of rotatable bonds is 14. The van der Waals surface area contributed by atoms with E-state index in [1.165, 1.54) is 4.90 Å². The number of amides is 2. The topological polar surface area (TPSA) is 96.0 Å². The molecule has 0 aliphatic rings. The fraction of sp³-hybridized carbons (Fsp3) is 0.355. The highest BCUT2D eigenvalue weighted by atomic mass is 35.5. The SMILES string of the molecule is CC[C@H](C(=O)NCC(C)C)N(Cc1ccc(Cl)cc1)C(=O)CN(c1ccc(OCc2ccccc2)cc1)S(C)(=O)=O. The number of carbonyl (C=O) groups is 2. The fourth-order valence-corrected chi connectivity index (χ4v) is 5.17. The molecule has 3 aromatic carbocycles. The van der Waals surface area contributed by atoms with Gasteiger partial charge in [0.25, 0.3) is 0 Å². The van der Waals surface area contributed by atoms with Crippen molar-refractivity contribution in [2.75, 3.05) is 23.7 Å². The molecular weight excluding hydrogens is 562 g/mol. The van der Waals surface area contributed by atoms with Crippen LogP contribution in [-0.2, 0) is 32.8 Å². The highest BCUT2D eigenvalue weighted by molar-refractivity contribution is 7.92. The van der Waals surface area contributed by atoms with E-state index in [0.717, 1.165) is 21.7 Å². The van der Waals surface area contributed by atoms with Crippen LogP contribution in [0.15, 0.2) is 78.9 Å². The van der Waals surface area contributed by atoms with Crippen molar-refractivity contribution in [1.29, 1.82) is 0 Å². The maximum atomic E-state index is 13.8. The molecule has 0 fully saturated rings. The number of hydrogen-bond acceptors (Lipinski definition) is 5. The molecule has 0 aliphatic carbocycles. The molecule has 41 heavy (non-hydrogen) atoms. The van der Waals surface area contributed by atoms with Crippen molar-refractivity contribution in [3.63, 3.8) is 0 Å². The Morgan fingerprint density at radius 2 is 1.56 bits per heavy atom. The summed E-state index contributed by atoms with van der Waals surface area (Å²) >= 11 is 6.04. The molecule has 0 aliphatic heterocycles. The molecule has 1 atom stereocenters. The van der Waals surface area contributed by atoms with Gasteiger partial charge in [-0.15, -0.1) is 0 Å². The second kappa shape index (κ2) is 14.9. The summed E-state index contributed by atoms with van der Waals surface area (Å²) < 4.78 is 32.6. The van der Waals surface area contributed by atoms with Crippen LogP contribution in [-0.4, -0.2) is 50.5 Å². The summed E-state index contributed by atoms with van der Waals surface area (Å²) in [5, 5.41) is 3.46. The van der Waals surface area contributed by atoms with E-state index >= 15 is 0 Å². The molecule has 0 spiro atoms. The summed E-state index contributed by atoms with van der Waals surface area (Å²) in [4.78, 5) is 28.4. The molecule has 0 unspecified atom stereocenters. The molecule has 0 radical (unpaired) electrons.